The van der Waals surface area contributed by atoms with Gasteiger partial charge in [-0.25, -0.2) is 0 Å². The van der Waals surface area contributed by atoms with Crippen molar-refractivity contribution >= 4 is 22.7 Å². The molecule has 3 heteroatoms. The number of thioether (sulfide) groups is 1. The quantitative estimate of drug-likeness (QED) is 0.817. The highest BCUT2D eigenvalue weighted by atomic mass is 32.2. The van der Waals surface area contributed by atoms with Crippen LogP contribution in [0.25, 0.3) is 11.0 Å². The maximum Gasteiger partial charge on any atom is 0.137 e. The third kappa shape index (κ3) is 2.85. The average molecular weight is 250 g/mol. The molecule has 1 heterocycles. The Labute approximate surface area is 106 Å². The van der Waals surface area contributed by atoms with Gasteiger partial charge in [-0.3, -0.25) is 0 Å². The van der Waals surface area contributed by atoms with E-state index < -0.39 is 6.10 Å². The molecule has 0 radical (unpaired) electrons. The van der Waals surface area contributed by atoms with E-state index in [2.05, 4.69) is 6.26 Å². The molecule has 2 nitrogen and oxygen atoms in total. The first-order valence-electron chi connectivity index (χ1n) is 5.88. The Hall–Kier alpha value is -0.930. The minimum absolute atomic E-state index is 0.478. The van der Waals surface area contributed by atoms with Crippen LogP contribution in [-0.2, 0) is 0 Å². The standard InChI is InChI=1S/C14H18O2S/c1-10-5-3-6-11-9-13(16-14(10)11)12(15)7-4-8-17-2/h3,5-6,9,12,15H,4,7-8H2,1-2H3. The van der Waals surface area contributed by atoms with E-state index in [0.717, 1.165) is 35.1 Å². The number of aliphatic hydroxyl groups is 1. The Kier molecular flexibility index (Phi) is 4.13. The lowest BCUT2D eigenvalue weighted by atomic mass is 10.1. The summed E-state index contributed by atoms with van der Waals surface area (Å²) in [5.41, 5.74) is 2.01. The first-order chi connectivity index (χ1) is 8.22. The number of rotatable bonds is 5. The fraction of sp³-hybridized carbons (Fsp3) is 0.429. The minimum Gasteiger partial charge on any atom is -0.458 e. The zero-order chi connectivity index (χ0) is 12.3. The number of furan rings is 1. The molecule has 1 unspecified atom stereocenters. The lowest BCUT2D eigenvalue weighted by molar-refractivity contribution is 0.142. The molecule has 0 spiro atoms. The molecule has 17 heavy (non-hydrogen) atoms. The van der Waals surface area contributed by atoms with Crippen LogP contribution in [0.2, 0.25) is 0 Å². The van der Waals surface area contributed by atoms with Gasteiger partial charge in [0.15, 0.2) is 0 Å². The van der Waals surface area contributed by atoms with Crippen molar-refractivity contribution in [3.05, 3.63) is 35.6 Å². The molecule has 2 aromatic rings. The molecule has 1 aromatic carbocycles. The molecular weight excluding hydrogens is 232 g/mol. The number of hydrogen-bond acceptors (Lipinski definition) is 3. The summed E-state index contributed by atoms with van der Waals surface area (Å²) in [6, 6.07) is 8.00. The topological polar surface area (TPSA) is 33.4 Å². The first kappa shape index (κ1) is 12.5. The van der Waals surface area contributed by atoms with E-state index >= 15 is 0 Å². The van der Waals surface area contributed by atoms with E-state index in [1.807, 2.05) is 31.2 Å². The Morgan fingerprint density at radius 3 is 2.94 bits per heavy atom. The van der Waals surface area contributed by atoms with Gasteiger partial charge in [0.25, 0.3) is 0 Å². The summed E-state index contributed by atoms with van der Waals surface area (Å²) in [6.07, 6.45) is 3.38. The van der Waals surface area contributed by atoms with Crippen molar-refractivity contribution in [1.82, 2.24) is 0 Å². The predicted octanol–water partition coefficient (Wildman–Crippen LogP) is 3.92. The number of fused-ring (bicyclic) bond motifs is 1. The highest BCUT2D eigenvalue weighted by molar-refractivity contribution is 7.98. The van der Waals surface area contributed by atoms with Crippen LogP contribution in [0.15, 0.2) is 28.7 Å². The van der Waals surface area contributed by atoms with E-state index in [1.54, 1.807) is 11.8 Å². The highest BCUT2D eigenvalue weighted by Crippen LogP contribution is 2.28. The van der Waals surface area contributed by atoms with Crippen LogP contribution in [-0.4, -0.2) is 17.1 Å². The number of aliphatic hydroxyl groups excluding tert-OH is 1. The van der Waals surface area contributed by atoms with E-state index in [4.69, 9.17) is 4.42 Å². The number of aryl methyl sites for hydroxylation is 1. The Balaban J connectivity index is 2.16. The highest BCUT2D eigenvalue weighted by Gasteiger charge is 2.13. The van der Waals surface area contributed by atoms with Gasteiger partial charge < -0.3 is 9.52 Å². The number of para-hydroxylation sites is 1. The first-order valence-corrected chi connectivity index (χ1v) is 7.28. The third-order valence-corrected chi connectivity index (χ3v) is 3.61. The second kappa shape index (κ2) is 5.61. The van der Waals surface area contributed by atoms with Crippen molar-refractivity contribution in [2.45, 2.75) is 25.9 Å². The smallest absolute Gasteiger partial charge is 0.137 e. The molecule has 2 rings (SSSR count). The fourth-order valence-corrected chi connectivity index (χ4v) is 2.41. The second-order valence-corrected chi connectivity index (χ2v) is 5.28. The van der Waals surface area contributed by atoms with E-state index in [9.17, 15) is 5.11 Å². The average Bonchev–Trinajstić information content (AvgIpc) is 2.75. The van der Waals surface area contributed by atoms with Gasteiger partial charge in [0.05, 0.1) is 0 Å². The van der Waals surface area contributed by atoms with Crippen LogP contribution in [0, 0.1) is 6.92 Å². The van der Waals surface area contributed by atoms with Crippen molar-refractivity contribution in [3.8, 4) is 0 Å². The molecular formula is C14H18O2S. The molecule has 0 saturated carbocycles. The Morgan fingerprint density at radius 2 is 2.24 bits per heavy atom. The van der Waals surface area contributed by atoms with E-state index in [1.165, 1.54) is 0 Å². The van der Waals surface area contributed by atoms with Gasteiger partial charge in [-0.1, -0.05) is 18.2 Å². The largest absolute Gasteiger partial charge is 0.458 e. The van der Waals surface area contributed by atoms with Crippen LogP contribution in [0.3, 0.4) is 0 Å². The van der Waals surface area contributed by atoms with Gasteiger partial charge in [0.2, 0.25) is 0 Å². The van der Waals surface area contributed by atoms with E-state index in [-0.39, 0.29) is 0 Å². The molecule has 1 atom stereocenters. The lowest BCUT2D eigenvalue weighted by Gasteiger charge is -2.06. The van der Waals surface area contributed by atoms with Crippen LogP contribution in [0.4, 0.5) is 0 Å². The number of benzene rings is 1. The monoisotopic (exact) mass is 250 g/mol. The summed E-state index contributed by atoms with van der Waals surface area (Å²) in [5, 5.41) is 11.1. The molecule has 0 saturated heterocycles. The summed E-state index contributed by atoms with van der Waals surface area (Å²) in [5.74, 6) is 1.77. The van der Waals surface area contributed by atoms with Gasteiger partial charge in [-0.15, -0.1) is 0 Å². The summed E-state index contributed by atoms with van der Waals surface area (Å²) in [4.78, 5) is 0. The van der Waals surface area contributed by atoms with Crippen LogP contribution in [0.1, 0.15) is 30.3 Å². The summed E-state index contributed by atoms with van der Waals surface area (Å²) < 4.78 is 5.73. The Morgan fingerprint density at radius 1 is 1.41 bits per heavy atom. The van der Waals surface area contributed by atoms with Gasteiger partial charge in [0.1, 0.15) is 17.4 Å². The van der Waals surface area contributed by atoms with Crippen molar-refractivity contribution in [1.29, 1.82) is 0 Å². The summed E-state index contributed by atoms with van der Waals surface area (Å²) >= 11 is 1.80. The maximum atomic E-state index is 10.0. The predicted molar refractivity (Wildman–Crippen MR) is 73.5 cm³/mol. The zero-order valence-electron chi connectivity index (χ0n) is 10.3. The molecule has 0 amide bonds. The van der Waals surface area contributed by atoms with Gasteiger partial charge in [0, 0.05) is 5.39 Å². The third-order valence-electron chi connectivity index (χ3n) is 2.91. The van der Waals surface area contributed by atoms with Gasteiger partial charge >= 0.3 is 0 Å². The summed E-state index contributed by atoms with van der Waals surface area (Å²) in [7, 11) is 0. The van der Waals surface area contributed by atoms with Crippen LogP contribution >= 0.6 is 11.8 Å². The Bertz CT molecular complexity index is 490. The van der Waals surface area contributed by atoms with Crippen LogP contribution in [0.5, 0.6) is 0 Å². The second-order valence-electron chi connectivity index (χ2n) is 4.29. The summed E-state index contributed by atoms with van der Waals surface area (Å²) in [6.45, 7) is 2.02. The molecule has 1 aromatic heterocycles. The molecule has 1 N–H and O–H groups in total. The van der Waals surface area contributed by atoms with Crippen molar-refractivity contribution in [2.75, 3.05) is 12.0 Å². The molecule has 0 bridgehead atoms. The maximum absolute atomic E-state index is 10.0. The van der Waals surface area contributed by atoms with Gasteiger partial charge in [-0.05, 0) is 43.4 Å². The SMILES string of the molecule is CSCCCC(O)c1cc2cccc(C)c2o1. The molecule has 0 aliphatic rings. The fourth-order valence-electron chi connectivity index (χ4n) is 1.96. The minimum atomic E-state index is -0.478. The number of hydrogen-bond donors (Lipinski definition) is 1. The van der Waals surface area contributed by atoms with Crippen molar-refractivity contribution in [3.63, 3.8) is 0 Å². The molecule has 0 aliphatic carbocycles. The normalized spacial score (nSPS) is 13.1. The van der Waals surface area contributed by atoms with Crippen molar-refractivity contribution < 1.29 is 9.52 Å². The molecule has 0 aliphatic heterocycles. The van der Waals surface area contributed by atoms with Crippen LogP contribution < -0.4 is 0 Å². The zero-order valence-corrected chi connectivity index (χ0v) is 11.1. The van der Waals surface area contributed by atoms with E-state index in [0.29, 0.717) is 5.76 Å². The van der Waals surface area contributed by atoms with Crippen molar-refractivity contribution in [2.24, 2.45) is 0 Å². The molecule has 0 fully saturated rings. The molecule has 92 valence electrons. The van der Waals surface area contributed by atoms with Gasteiger partial charge in [-0.2, -0.15) is 11.8 Å². The lowest BCUT2D eigenvalue weighted by Crippen LogP contribution is -1.96.